The van der Waals surface area contributed by atoms with E-state index in [9.17, 15) is 9.59 Å². The minimum absolute atomic E-state index is 0.00225. The number of nitrogens with two attached hydrogens (primary N) is 1. The third kappa shape index (κ3) is 3.57. The van der Waals surface area contributed by atoms with Crippen LogP contribution in [0.3, 0.4) is 0 Å². The number of rotatable bonds is 4. The van der Waals surface area contributed by atoms with Crippen LogP contribution in [0.15, 0.2) is 0 Å². The summed E-state index contributed by atoms with van der Waals surface area (Å²) < 4.78 is 5.07. The Hall–Kier alpha value is -1.10. The monoisotopic (exact) mass is 296 g/mol. The minimum Gasteiger partial charge on any atom is -0.466 e. The van der Waals surface area contributed by atoms with E-state index in [0.717, 1.165) is 44.9 Å². The van der Waals surface area contributed by atoms with Crippen molar-refractivity contribution in [1.29, 1.82) is 0 Å². The smallest absolute Gasteiger partial charge is 0.308 e. The molecule has 0 aliphatic heterocycles. The van der Waals surface area contributed by atoms with Crippen molar-refractivity contribution in [3.63, 3.8) is 0 Å². The molecule has 2 atom stereocenters. The highest BCUT2D eigenvalue weighted by atomic mass is 16.5. The number of carbonyl (C=O) groups excluding carboxylic acids is 2. The normalized spacial score (nSPS) is 36.2. The predicted octanol–water partition coefficient (Wildman–Crippen LogP) is 1.74. The summed E-state index contributed by atoms with van der Waals surface area (Å²) in [5, 5.41) is 3.15. The van der Waals surface area contributed by atoms with Crippen LogP contribution < -0.4 is 11.1 Å². The van der Waals surface area contributed by atoms with E-state index in [0.29, 0.717) is 6.61 Å². The molecule has 0 aromatic carbocycles. The van der Waals surface area contributed by atoms with Crippen molar-refractivity contribution < 1.29 is 14.3 Å². The molecule has 2 unspecified atom stereocenters. The van der Waals surface area contributed by atoms with Crippen molar-refractivity contribution in [3.8, 4) is 0 Å². The van der Waals surface area contributed by atoms with Crippen LogP contribution in [0.5, 0.6) is 0 Å². The minimum atomic E-state index is -0.419. The van der Waals surface area contributed by atoms with Crippen LogP contribution >= 0.6 is 0 Å². The first-order chi connectivity index (χ1) is 9.97. The number of nitrogens with one attached hydrogen (secondary N) is 1. The first kappa shape index (κ1) is 16.3. The molecule has 0 heterocycles. The fourth-order valence-corrected chi connectivity index (χ4v) is 3.56. The van der Waals surface area contributed by atoms with Crippen molar-refractivity contribution in [2.45, 2.75) is 70.9 Å². The molecule has 2 aliphatic rings. The van der Waals surface area contributed by atoms with Gasteiger partial charge in [-0.3, -0.25) is 9.59 Å². The van der Waals surface area contributed by atoms with Gasteiger partial charge in [-0.1, -0.05) is 6.42 Å². The largest absolute Gasteiger partial charge is 0.466 e. The van der Waals surface area contributed by atoms with Crippen LogP contribution in [0.2, 0.25) is 0 Å². The summed E-state index contributed by atoms with van der Waals surface area (Å²) in [5.41, 5.74) is 5.67. The van der Waals surface area contributed by atoms with Gasteiger partial charge in [-0.05, 0) is 52.4 Å². The summed E-state index contributed by atoms with van der Waals surface area (Å²) in [6.45, 7) is 4.24. The van der Waals surface area contributed by atoms with Crippen LogP contribution in [0.25, 0.3) is 0 Å². The van der Waals surface area contributed by atoms with Crippen LogP contribution in [0.4, 0.5) is 0 Å². The summed E-state index contributed by atoms with van der Waals surface area (Å²) >= 11 is 0. The highest BCUT2D eigenvalue weighted by molar-refractivity contribution is 5.83. The first-order valence-corrected chi connectivity index (χ1v) is 8.20. The Balaban J connectivity index is 1.81. The Morgan fingerprint density at radius 1 is 1.24 bits per heavy atom. The number of hydrogen-bond acceptors (Lipinski definition) is 4. The Morgan fingerprint density at radius 2 is 1.90 bits per heavy atom. The SMILES string of the molecule is CCOC(=O)C1CCC(NC(=O)C2(C)CCCC2N)CC1. The Kier molecular flexibility index (Phi) is 5.25. The molecular weight excluding hydrogens is 268 g/mol. The zero-order valence-electron chi connectivity index (χ0n) is 13.2. The maximum Gasteiger partial charge on any atom is 0.308 e. The molecule has 0 saturated heterocycles. The van der Waals surface area contributed by atoms with E-state index in [1.807, 2.05) is 13.8 Å². The topological polar surface area (TPSA) is 81.4 Å². The van der Waals surface area contributed by atoms with Gasteiger partial charge in [-0.25, -0.2) is 0 Å². The molecule has 2 aliphatic carbocycles. The van der Waals surface area contributed by atoms with Crippen LogP contribution in [-0.4, -0.2) is 30.6 Å². The Labute approximate surface area is 127 Å². The third-order valence-corrected chi connectivity index (χ3v) is 5.23. The molecule has 2 fully saturated rings. The number of ether oxygens (including phenoxy) is 1. The molecule has 120 valence electrons. The lowest BCUT2D eigenvalue weighted by Gasteiger charge is -2.33. The van der Waals surface area contributed by atoms with Crippen molar-refractivity contribution in [2.24, 2.45) is 17.1 Å². The van der Waals surface area contributed by atoms with Crippen LogP contribution in [-0.2, 0) is 14.3 Å². The van der Waals surface area contributed by atoms with E-state index in [1.54, 1.807) is 0 Å². The van der Waals surface area contributed by atoms with Gasteiger partial charge in [-0.2, -0.15) is 0 Å². The molecular formula is C16H28N2O3. The van der Waals surface area contributed by atoms with Crippen LogP contribution in [0.1, 0.15) is 58.8 Å². The summed E-state index contributed by atoms with van der Waals surface area (Å²) in [7, 11) is 0. The van der Waals surface area contributed by atoms with Gasteiger partial charge >= 0.3 is 5.97 Å². The molecule has 0 aromatic rings. The molecule has 0 aromatic heterocycles. The molecule has 2 saturated carbocycles. The lowest BCUT2D eigenvalue weighted by atomic mass is 9.82. The maximum absolute atomic E-state index is 12.5. The van der Waals surface area contributed by atoms with Crippen molar-refractivity contribution in [3.05, 3.63) is 0 Å². The lowest BCUT2D eigenvalue weighted by molar-refractivity contribution is -0.149. The summed E-state index contributed by atoms with van der Waals surface area (Å²) in [4.78, 5) is 24.2. The Morgan fingerprint density at radius 3 is 2.43 bits per heavy atom. The highest BCUT2D eigenvalue weighted by Crippen LogP contribution is 2.37. The first-order valence-electron chi connectivity index (χ1n) is 8.20. The number of amides is 1. The van der Waals surface area contributed by atoms with Crippen molar-refractivity contribution in [1.82, 2.24) is 5.32 Å². The van der Waals surface area contributed by atoms with Gasteiger partial charge < -0.3 is 15.8 Å². The Bertz CT molecular complexity index is 391. The second-order valence-corrected chi connectivity index (χ2v) is 6.69. The predicted molar refractivity (Wildman–Crippen MR) is 80.5 cm³/mol. The average Bonchev–Trinajstić information content (AvgIpc) is 2.81. The third-order valence-electron chi connectivity index (χ3n) is 5.23. The molecule has 3 N–H and O–H groups in total. The molecule has 2 rings (SSSR count). The van der Waals surface area contributed by atoms with Gasteiger partial charge in [0.25, 0.3) is 0 Å². The van der Waals surface area contributed by atoms with Gasteiger partial charge in [0.1, 0.15) is 0 Å². The van der Waals surface area contributed by atoms with Gasteiger partial charge in [-0.15, -0.1) is 0 Å². The second-order valence-electron chi connectivity index (χ2n) is 6.69. The molecule has 5 heteroatoms. The lowest BCUT2D eigenvalue weighted by Crippen LogP contribution is -2.51. The van der Waals surface area contributed by atoms with E-state index < -0.39 is 5.41 Å². The summed E-state index contributed by atoms with van der Waals surface area (Å²) in [6.07, 6.45) is 6.12. The van der Waals surface area contributed by atoms with Gasteiger partial charge in [0.15, 0.2) is 0 Å². The zero-order chi connectivity index (χ0) is 15.5. The summed E-state index contributed by atoms with van der Waals surface area (Å²) in [5.74, 6) is 0.00145. The molecule has 0 spiro atoms. The second kappa shape index (κ2) is 6.77. The number of hydrogen-bond donors (Lipinski definition) is 2. The fraction of sp³-hybridized carbons (Fsp3) is 0.875. The number of esters is 1. The molecule has 1 amide bonds. The molecule has 5 nitrogen and oxygen atoms in total. The quantitative estimate of drug-likeness (QED) is 0.774. The van der Waals surface area contributed by atoms with Crippen molar-refractivity contribution >= 4 is 11.9 Å². The maximum atomic E-state index is 12.5. The van der Waals surface area contributed by atoms with Gasteiger partial charge in [0, 0.05) is 12.1 Å². The highest BCUT2D eigenvalue weighted by Gasteiger charge is 2.43. The molecule has 0 radical (unpaired) electrons. The van der Waals surface area contributed by atoms with Crippen LogP contribution in [0, 0.1) is 11.3 Å². The van der Waals surface area contributed by atoms with E-state index in [2.05, 4.69) is 5.32 Å². The zero-order valence-corrected chi connectivity index (χ0v) is 13.2. The molecule has 0 bridgehead atoms. The van der Waals surface area contributed by atoms with E-state index in [-0.39, 0.29) is 29.9 Å². The van der Waals surface area contributed by atoms with Crippen molar-refractivity contribution in [2.75, 3.05) is 6.61 Å². The average molecular weight is 296 g/mol. The van der Waals surface area contributed by atoms with Gasteiger partial charge in [0.2, 0.25) is 5.91 Å². The van der Waals surface area contributed by atoms with E-state index >= 15 is 0 Å². The van der Waals surface area contributed by atoms with Gasteiger partial charge in [0.05, 0.1) is 17.9 Å². The van der Waals surface area contributed by atoms with E-state index in [4.69, 9.17) is 10.5 Å². The number of carbonyl (C=O) groups is 2. The standard InChI is InChI=1S/C16H28N2O3/c1-3-21-14(19)11-6-8-12(9-7-11)18-15(20)16(2)10-4-5-13(16)17/h11-13H,3-10,17H2,1-2H3,(H,18,20). The summed E-state index contributed by atoms with van der Waals surface area (Å²) in [6, 6.07) is 0.140. The fourth-order valence-electron chi connectivity index (χ4n) is 3.56. The molecule has 21 heavy (non-hydrogen) atoms. The van der Waals surface area contributed by atoms with E-state index in [1.165, 1.54) is 0 Å².